The van der Waals surface area contributed by atoms with Gasteiger partial charge in [-0.2, -0.15) is 0 Å². The minimum absolute atomic E-state index is 0.0675. The Balaban J connectivity index is 2.00. The fourth-order valence-corrected chi connectivity index (χ4v) is 3.03. The first-order chi connectivity index (χ1) is 11.9. The van der Waals surface area contributed by atoms with Crippen LogP contribution < -0.4 is 4.74 Å². The molecule has 0 N–H and O–H groups in total. The van der Waals surface area contributed by atoms with Crippen molar-refractivity contribution in [3.05, 3.63) is 59.4 Å². The molecule has 1 aromatic carbocycles. The van der Waals surface area contributed by atoms with Crippen molar-refractivity contribution in [2.24, 2.45) is 0 Å². The summed E-state index contributed by atoms with van der Waals surface area (Å²) in [4.78, 5) is 16.8. The zero-order valence-electron chi connectivity index (χ0n) is 15.5. The van der Waals surface area contributed by atoms with Crippen LogP contribution >= 0.6 is 0 Å². The van der Waals surface area contributed by atoms with Crippen LogP contribution in [0.2, 0.25) is 25.7 Å². The van der Waals surface area contributed by atoms with Crippen LogP contribution in [0.4, 0.5) is 0 Å². The second-order valence-electron chi connectivity index (χ2n) is 7.23. The van der Waals surface area contributed by atoms with Crippen LogP contribution in [0, 0.1) is 0 Å². The maximum absolute atomic E-state index is 12.7. The van der Waals surface area contributed by atoms with Crippen molar-refractivity contribution in [2.45, 2.75) is 39.0 Å². The Hall–Kier alpha value is -1.98. The van der Waals surface area contributed by atoms with E-state index in [-0.39, 0.29) is 12.6 Å². The van der Waals surface area contributed by atoms with Crippen LogP contribution in [-0.4, -0.2) is 32.2 Å². The van der Waals surface area contributed by atoms with E-state index in [1.165, 1.54) is 5.56 Å². The summed E-state index contributed by atoms with van der Waals surface area (Å²) >= 11 is 0. The van der Waals surface area contributed by atoms with Gasteiger partial charge in [0.25, 0.3) is 0 Å². The number of hydrogen-bond acceptors (Lipinski definition) is 4. The number of nitrogens with zero attached hydrogens (tertiary/aromatic N) is 1. The number of carbonyl (C=O) groups excluding carboxylic acids is 1. The highest BCUT2D eigenvalue weighted by atomic mass is 28.3. The van der Waals surface area contributed by atoms with Crippen molar-refractivity contribution in [2.75, 3.05) is 13.4 Å². The summed E-state index contributed by atoms with van der Waals surface area (Å²) in [5.41, 5.74) is 2.36. The quantitative estimate of drug-likeness (QED) is 0.285. The number of ketones is 1. The molecule has 25 heavy (non-hydrogen) atoms. The van der Waals surface area contributed by atoms with E-state index in [1.807, 2.05) is 24.3 Å². The Bertz CT molecular complexity index is 693. The van der Waals surface area contributed by atoms with Crippen molar-refractivity contribution in [1.82, 2.24) is 4.98 Å². The summed E-state index contributed by atoms with van der Waals surface area (Å²) < 4.78 is 11.2. The average molecular weight is 358 g/mol. The molecule has 0 fully saturated rings. The highest BCUT2D eigenvalue weighted by molar-refractivity contribution is 6.76. The molecule has 0 spiro atoms. The summed E-state index contributed by atoms with van der Waals surface area (Å²) in [5.74, 6) is 0.391. The number of pyridine rings is 1. The second kappa shape index (κ2) is 8.92. The topological polar surface area (TPSA) is 48.4 Å². The zero-order chi connectivity index (χ0) is 18.3. The molecule has 0 atom stereocenters. The third-order valence-electron chi connectivity index (χ3n) is 3.95. The molecule has 0 amide bonds. The number of rotatable bonds is 9. The fourth-order valence-electron chi connectivity index (χ4n) is 2.27. The van der Waals surface area contributed by atoms with Gasteiger partial charge in [0.05, 0.1) is 11.8 Å². The van der Waals surface area contributed by atoms with E-state index < -0.39 is 8.07 Å². The first kappa shape index (κ1) is 19.3. The normalized spacial score (nSPS) is 11.4. The van der Waals surface area contributed by atoms with Gasteiger partial charge in [0.15, 0.2) is 18.3 Å². The van der Waals surface area contributed by atoms with Crippen LogP contribution in [0.5, 0.6) is 5.75 Å². The molecule has 0 aliphatic carbocycles. The van der Waals surface area contributed by atoms with Crippen LogP contribution in [0.1, 0.15) is 28.4 Å². The molecule has 0 radical (unpaired) electrons. The highest BCUT2D eigenvalue weighted by Crippen LogP contribution is 2.21. The Morgan fingerprint density at radius 3 is 2.48 bits per heavy atom. The number of aromatic nitrogens is 1. The van der Waals surface area contributed by atoms with Gasteiger partial charge in [0, 0.05) is 26.4 Å². The van der Waals surface area contributed by atoms with E-state index in [1.54, 1.807) is 18.5 Å². The summed E-state index contributed by atoms with van der Waals surface area (Å²) in [6.45, 7) is 9.81. The maximum Gasteiger partial charge on any atom is 0.196 e. The van der Waals surface area contributed by atoms with Crippen LogP contribution in [0.25, 0.3) is 0 Å². The lowest BCUT2D eigenvalue weighted by atomic mass is 10.0. The predicted molar refractivity (Wildman–Crippen MR) is 103 cm³/mol. The monoisotopic (exact) mass is 357 g/mol. The Labute approximate surface area is 151 Å². The minimum atomic E-state index is -1.11. The fraction of sp³-hybridized carbons (Fsp3) is 0.400. The number of aryl methyl sites for hydroxylation is 1. The van der Waals surface area contributed by atoms with Crippen molar-refractivity contribution in [1.29, 1.82) is 0 Å². The standard InChI is InChI=1S/C20H27NO3Si/c1-5-16-6-8-17(9-7-16)20(22)18-10-11-21-14-19(18)24-15-23-12-13-25(2,3)4/h6-11,14H,5,12-13,15H2,1-4H3. The van der Waals surface area contributed by atoms with Gasteiger partial charge in [-0.1, -0.05) is 50.8 Å². The van der Waals surface area contributed by atoms with Crippen LogP contribution in [0.15, 0.2) is 42.7 Å². The van der Waals surface area contributed by atoms with Gasteiger partial charge in [-0.25, -0.2) is 0 Å². The molecule has 2 aromatic rings. The molecule has 0 saturated carbocycles. The van der Waals surface area contributed by atoms with Gasteiger partial charge < -0.3 is 9.47 Å². The van der Waals surface area contributed by atoms with Gasteiger partial charge in [0.2, 0.25) is 0 Å². The van der Waals surface area contributed by atoms with E-state index in [2.05, 4.69) is 31.5 Å². The van der Waals surface area contributed by atoms with E-state index in [0.717, 1.165) is 12.5 Å². The summed E-state index contributed by atoms with van der Waals surface area (Å²) in [5, 5.41) is 0. The maximum atomic E-state index is 12.7. The first-order valence-electron chi connectivity index (χ1n) is 8.69. The Morgan fingerprint density at radius 2 is 1.84 bits per heavy atom. The van der Waals surface area contributed by atoms with E-state index >= 15 is 0 Å². The molecule has 0 saturated heterocycles. The van der Waals surface area contributed by atoms with Crippen molar-refractivity contribution >= 4 is 13.9 Å². The van der Waals surface area contributed by atoms with E-state index in [4.69, 9.17) is 9.47 Å². The molecule has 2 rings (SSSR count). The van der Waals surface area contributed by atoms with E-state index in [0.29, 0.717) is 23.5 Å². The largest absolute Gasteiger partial charge is 0.465 e. The predicted octanol–water partition coefficient (Wildman–Crippen LogP) is 4.57. The van der Waals surface area contributed by atoms with Crippen LogP contribution in [-0.2, 0) is 11.2 Å². The third-order valence-corrected chi connectivity index (χ3v) is 5.65. The molecular formula is C20H27NO3Si. The van der Waals surface area contributed by atoms with Gasteiger partial charge >= 0.3 is 0 Å². The number of ether oxygens (including phenoxy) is 2. The summed E-state index contributed by atoms with van der Waals surface area (Å²) in [6, 6.07) is 10.4. The Morgan fingerprint density at radius 1 is 1.12 bits per heavy atom. The molecule has 5 heteroatoms. The molecule has 134 valence electrons. The van der Waals surface area contributed by atoms with Crippen molar-refractivity contribution < 1.29 is 14.3 Å². The lowest BCUT2D eigenvalue weighted by Gasteiger charge is -2.16. The molecule has 1 aromatic heterocycles. The third kappa shape index (κ3) is 6.10. The zero-order valence-corrected chi connectivity index (χ0v) is 16.5. The molecule has 4 nitrogen and oxygen atoms in total. The van der Waals surface area contributed by atoms with Crippen molar-refractivity contribution in [3.8, 4) is 5.75 Å². The number of carbonyl (C=O) groups is 1. The summed E-state index contributed by atoms with van der Waals surface area (Å²) in [6.07, 6.45) is 4.12. The molecular weight excluding hydrogens is 330 g/mol. The molecule has 0 unspecified atom stereocenters. The molecule has 1 heterocycles. The smallest absolute Gasteiger partial charge is 0.196 e. The van der Waals surface area contributed by atoms with Gasteiger partial charge in [-0.15, -0.1) is 0 Å². The van der Waals surface area contributed by atoms with Gasteiger partial charge in [-0.3, -0.25) is 9.78 Å². The Kier molecular flexibility index (Phi) is 6.90. The van der Waals surface area contributed by atoms with Crippen molar-refractivity contribution in [3.63, 3.8) is 0 Å². The van der Waals surface area contributed by atoms with Gasteiger partial charge in [-0.05, 0) is 24.1 Å². The highest BCUT2D eigenvalue weighted by Gasteiger charge is 2.15. The number of benzene rings is 1. The lowest BCUT2D eigenvalue weighted by molar-refractivity contribution is 0.0214. The number of hydrogen-bond donors (Lipinski definition) is 0. The molecule has 0 aliphatic heterocycles. The summed E-state index contributed by atoms with van der Waals surface area (Å²) in [7, 11) is -1.11. The molecule has 0 aliphatic rings. The van der Waals surface area contributed by atoms with Gasteiger partial charge in [0.1, 0.15) is 0 Å². The van der Waals surface area contributed by atoms with E-state index in [9.17, 15) is 4.79 Å². The SMILES string of the molecule is CCc1ccc(C(=O)c2ccncc2OCOCC[Si](C)(C)C)cc1. The van der Waals surface area contributed by atoms with Crippen LogP contribution in [0.3, 0.4) is 0 Å². The first-order valence-corrected chi connectivity index (χ1v) is 12.4. The minimum Gasteiger partial charge on any atom is -0.465 e. The average Bonchev–Trinajstić information content (AvgIpc) is 2.60. The lowest BCUT2D eigenvalue weighted by Crippen LogP contribution is -2.22. The second-order valence-corrected chi connectivity index (χ2v) is 12.9. The molecule has 0 bridgehead atoms.